The van der Waals surface area contributed by atoms with E-state index in [2.05, 4.69) is 17.1 Å². The number of hydrogen-bond acceptors (Lipinski definition) is 3. The number of phenolic OH excluding ortho intramolecular Hbond substituents is 1. The van der Waals surface area contributed by atoms with Gasteiger partial charge in [0.15, 0.2) is 0 Å². The fourth-order valence-electron chi connectivity index (χ4n) is 2.54. The van der Waals surface area contributed by atoms with Crippen molar-refractivity contribution in [2.75, 3.05) is 26.2 Å². The predicted octanol–water partition coefficient (Wildman–Crippen LogP) is 3.06. The highest BCUT2D eigenvalue weighted by atomic mass is 35.5. The number of halogens is 2. The molecule has 0 amide bonds. The second kappa shape index (κ2) is 6.11. The van der Waals surface area contributed by atoms with Crippen LogP contribution in [0, 0.1) is 0 Å². The third-order valence-electron chi connectivity index (χ3n) is 3.38. The Morgan fingerprint density at radius 3 is 2.56 bits per heavy atom. The Balaban J connectivity index is 2.32. The molecule has 1 aromatic rings. The number of benzene rings is 1. The molecule has 18 heavy (non-hydrogen) atoms. The summed E-state index contributed by atoms with van der Waals surface area (Å²) in [6, 6.07) is 3.41. The van der Waals surface area contributed by atoms with E-state index >= 15 is 0 Å². The zero-order chi connectivity index (χ0) is 13.1. The van der Waals surface area contributed by atoms with Gasteiger partial charge in [0.1, 0.15) is 5.75 Å². The quantitative estimate of drug-likeness (QED) is 0.897. The summed E-state index contributed by atoms with van der Waals surface area (Å²) in [6.07, 6.45) is 0.912. The third kappa shape index (κ3) is 2.91. The van der Waals surface area contributed by atoms with Gasteiger partial charge in [-0.1, -0.05) is 30.1 Å². The lowest BCUT2D eigenvalue weighted by Crippen LogP contribution is -2.45. The van der Waals surface area contributed by atoms with Gasteiger partial charge in [-0.15, -0.1) is 0 Å². The molecule has 0 radical (unpaired) electrons. The minimum Gasteiger partial charge on any atom is -0.508 e. The summed E-state index contributed by atoms with van der Waals surface area (Å²) < 4.78 is 0. The Morgan fingerprint density at radius 1 is 1.33 bits per heavy atom. The molecular weight excluding hydrogens is 271 g/mol. The van der Waals surface area contributed by atoms with Gasteiger partial charge in [-0.05, 0) is 18.6 Å². The molecule has 0 aromatic heterocycles. The van der Waals surface area contributed by atoms with Gasteiger partial charge >= 0.3 is 0 Å². The zero-order valence-corrected chi connectivity index (χ0v) is 11.9. The van der Waals surface area contributed by atoms with Crippen molar-refractivity contribution in [3.63, 3.8) is 0 Å². The Labute approximate surface area is 118 Å². The van der Waals surface area contributed by atoms with E-state index < -0.39 is 0 Å². The lowest BCUT2D eigenvalue weighted by Gasteiger charge is -2.35. The van der Waals surface area contributed by atoms with Crippen LogP contribution >= 0.6 is 23.2 Å². The average molecular weight is 289 g/mol. The molecule has 1 fully saturated rings. The number of nitrogens with zero attached hydrogens (tertiary/aromatic N) is 1. The highest BCUT2D eigenvalue weighted by Gasteiger charge is 2.25. The molecule has 1 atom stereocenters. The lowest BCUT2D eigenvalue weighted by molar-refractivity contribution is 0.167. The maximum absolute atomic E-state index is 10.1. The summed E-state index contributed by atoms with van der Waals surface area (Å²) in [5.74, 6) is 0.192. The predicted molar refractivity (Wildman–Crippen MR) is 75.6 cm³/mol. The zero-order valence-electron chi connectivity index (χ0n) is 10.4. The van der Waals surface area contributed by atoms with Gasteiger partial charge in [-0.3, -0.25) is 4.90 Å². The molecule has 0 saturated carbocycles. The van der Waals surface area contributed by atoms with Crippen molar-refractivity contribution in [2.24, 2.45) is 0 Å². The fraction of sp³-hybridized carbons (Fsp3) is 0.538. The van der Waals surface area contributed by atoms with Gasteiger partial charge in [0, 0.05) is 42.8 Å². The number of hydrogen-bond donors (Lipinski definition) is 2. The molecule has 1 saturated heterocycles. The van der Waals surface area contributed by atoms with Crippen molar-refractivity contribution in [3.05, 3.63) is 27.7 Å². The van der Waals surface area contributed by atoms with Crippen LogP contribution in [0.15, 0.2) is 12.1 Å². The maximum atomic E-state index is 10.1. The molecule has 100 valence electrons. The van der Waals surface area contributed by atoms with Crippen LogP contribution < -0.4 is 5.32 Å². The van der Waals surface area contributed by atoms with E-state index in [1.165, 1.54) is 0 Å². The van der Waals surface area contributed by atoms with E-state index in [9.17, 15) is 5.11 Å². The molecule has 1 heterocycles. The third-order valence-corrected chi connectivity index (χ3v) is 3.92. The average Bonchev–Trinajstić information content (AvgIpc) is 2.34. The molecule has 0 spiro atoms. The Morgan fingerprint density at radius 2 is 2.00 bits per heavy atom. The highest BCUT2D eigenvalue weighted by Crippen LogP contribution is 2.38. The summed E-state index contributed by atoms with van der Waals surface area (Å²) in [5, 5.41) is 14.4. The number of rotatable bonds is 3. The first kappa shape index (κ1) is 13.9. The molecular formula is C13H18Cl2N2O. The summed E-state index contributed by atoms with van der Waals surface area (Å²) in [7, 11) is 0. The maximum Gasteiger partial charge on any atom is 0.123 e. The van der Waals surface area contributed by atoms with Gasteiger partial charge in [-0.2, -0.15) is 0 Å². The first-order chi connectivity index (χ1) is 8.63. The topological polar surface area (TPSA) is 35.5 Å². The Bertz CT molecular complexity index is 396. The first-order valence-electron chi connectivity index (χ1n) is 6.26. The number of nitrogens with one attached hydrogen (secondary N) is 1. The minimum atomic E-state index is 0.150. The Hall–Kier alpha value is -0.480. The molecule has 1 aliphatic heterocycles. The van der Waals surface area contributed by atoms with Crippen molar-refractivity contribution < 1.29 is 5.11 Å². The molecule has 0 bridgehead atoms. The number of phenols is 1. The van der Waals surface area contributed by atoms with Gasteiger partial charge in [0.25, 0.3) is 0 Å². The molecule has 3 nitrogen and oxygen atoms in total. The second-order valence-corrected chi connectivity index (χ2v) is 5.37. The van der Waals surface area contributed by atoms with E-state index in [1.807, 2.05) is 0 Å². The van der Waals surface area contributed by atoms with Crippen molar-refractivity contribution >= 4 is 23.2 Å². The fourth-order valence-corrected chi connectivity index (χ4v) is 3.15. The van der Waals surface area contributed by atoms with Gasteiger partial charge in [0.05, 0.1) is 5.02 Å². The smallest absolute Gasteiger partial charge is 0.123 e. The van der Waals surface area contributed by atoms with E-state index in [0.717, 1.165) is 38.2 Å². The molecule has 1 aliphatic rings. The standard InChI is InChI=1S/C13H18Cl2N2O/c1-2-11(17-5-3-16-4-6-17)13-10(15)7-9(14)8-12(13)18/h7-8,11,16,18H,2-6H2,1H3/t11-/m1/s1. The van der Waals surface area contributed by atoms with Crippen molar-refractivity contribution in [2.45, 2.75) is 19.4 Å². The summed E-state index contributed by atoms with van der Waals surface area (Å²) in [6.45, 7) is 6.00. The molecule has 0 unspecified atom stereocenters. The van der Waals surface area contributed by atoms with E-state index in [4.69, 9.17) is 23.2 Å². The van der Waals surface area contributed by atoms with E-state index in [0.29, 0.717) is 10.0 Å². The van der Waals surface area contributed by atoms with Crippen molar-refractivity contribution in [3.8, 4) is 5.75 Å². The van der Waals surface area contributed by atoms with Crippen LogP contribution in [0.5, 0.6) is 5.75 Å². The Kier molecular flexibility index (Phi) is 4.73. The second-order valence-electron chi connectivity index (χ2n) is 4.53. The van der Waals surface area contributed by atoms with Crippen LogP contribution in [-0.2, 0) is 0 Å². The number of piperazine rings is 1. The summed E-state index contributed by atoms with van der Waals surface area (Å²) in [5.41, 5.74) is 0.797. The van der Waals surface area contributed by atoms with Gasteiger partial charge in [0.2, 0.25) is 0 Å². The van der Waals surface area contributed by atoms with Gasteiger partial charge in [-0.25, -0.2) is 0 Å². The van der Waals surface area contributed by atoms with Crippen LogP contribution in [0.2, 0.25) is 10.0 Å². The minimum absolute atomic E-state index is 0.150. The van der Waals surface area contributed by atoms with Crippen LogP contribution in [0.4, 0.5) is 0 Å². The summed E-state index contributed by atoms with van der Waals surface area (Å²) >= 11 is 12.1. The lowest BCUT2D eigenvalue weighted by atomic mass is 10.0. The molecule has 5 heteroatoms. The highest BCUT2D eigenvalue weighted by molar-refractivity contribution is 6.35. The monoisotopic (exact) mass is 288 g/mol. The van der Waals surface area contributed by atoms with Crippen molar-refractivity contribution in [1.29, 1.82) is 0 Å². The van der Waals surface area contributed by atoms with Gasteiger partial charge < -0.3 is 10.4 Å². The van der Waals surface area contributed by atoms with Crippen molar-refractivity contribution in [1.82, 2.24) is 10.2 Å². The van der Waals surface area contributed by atoms with Crippen LogP contribution in [0.1, 0.15) is 24.9 Å². The molecule has 1 aromatic carbocycles. The normalized spacial score (nSPS) is 18.8. The SMILES string of the molecule is CC[C@H](c1c(O)cc(Cl)cc1Cl)N1CCNCC1. The van der Waals surface area contributed by atoms with E-state index in [-0.39, 0.29) is 11.8 Å². The number of aromatic hydroxyl groups is 1. The van der Waals surface area contributed by atoms with E-state index in [1.54, 1.807) is 12.1 Å². The van der Waals surface area contributed by atoms with Crippen LogP contribution in [0.25, 0.3) is 0 Å². The molecule has 2 N–H and O–H groups in total. The molecule has 2 rings (SSSR count). The first-order valence-corrected chi connectivity index (χ1v) is 7.01. The van der Waals surface area contributed by atoms with Crippen LogP contribution in [-0.4, -0.2) is 36.2 Å². The summed E-state index contributed by atoms with van der Waals surface area (Å²) in [4.78, 5) is 2.35. The largest absolute Gasteiger partial charge is 0.508 e. The molecule has 0 aliphatic carbocycles. The van der Waals surface area contributed by atoms with Crippen LogP contribution in [0.3, 0.4) is 0 Å².